The first-order valence-corrected chi connectivity index (χ1v) is 7.11. The van der Waals surface area contributed by atoms with Gasteiger partial charge in [-0.15, -0.1) is 11.3 Å². The van der Waals surface area contributed by atoms with E-state index in [-0.39, 0.29) is 6.04 Å². The number of aromatic nitrogens is 2. The van der Waals surface area contributed by atoms with Crippen LogP contribution in [0, 0.1) is 0 Å². The number of hydrogen-bond acceptors (Lipinski definition) is 4. The number of thiazole rings is 1. The van der Waals surface area contributed by atoms with E-state index in [0.717, 1.165) is 22.6 Å². The summed E-state index contributed by atoms with van der Waals surface area (Å²) in [5.74, 6) is 0. The summed E-state index contributed by atoms with van der Waals surface area (Å²) in [5.41, 5.74) is 2.16. The van der Waals surface area contributed by atoms with Crippen LogP contribution >= 0.6 is 11.3 Å². The van der Waals surface area contributed by atoms with Crippen LogP contribution in [0.25, 0.3) is 10.2 Å². The Morgan fingerprint density at radius 3 is 2.74 bits per heavy atom. The molecule has 0 radical (unpaired) electrons. The van der Waals surface area contributed by atoms with E-state index in [9.17, 15) is 0 Å². The fourth-order valence-corrected chi connectivity index (χ4v) is 3.16. The molecule has 1 aromatic carbocycles. The zero-order valence-corrected chi connectivity index (χ0v) is 11.5. The Morgan fingerprint density at radius 2 is 2.00 bits per heavy atom. The molecule has 2 heterocycles. The molecule has 3 nitrogen and oxygen atoms in total. The molecular weight excluding hydrogens is 254 g/mol. The Kier molecular flexibility index (Phi) is 3.53. The number of pyridine rings is 1. The first-order chi connectivity index (χ1) is 9.36. The van der Waals surface area contributed by atoms with Crippen LogP contribution in [0.5, 0.6) is 0 Å². The highest BCUT2D eigenvalue weighted by molar-refractivity contribution is 7.18. The second kappa shape index (κ2) is 5.47. The number of benzene rings is 1. The van der Waals surface area contributed by atoms with Crippen molar-refractivity contribution in [2.24, 2.45) is 0 Å². The Morgan fingerprint density at radius 1 is 1.16 bits per heavy atom. The normalized spacial score (nSPS) is 12.7. The lowest BCUT2D eigenvalue weighted by atomic mass is 10.1. The second-order valence-corrected chi connectivity index (χ2v) is 5.45. The zero-order chi connectivity index (χ0) is 13.1. The van der Waals surface area contributed by atoms with Crippen molar-refractivity contribution in [1.29, 1.82) is 0 Å². The predicted molar refractivity (Wildman–Crippen MR) is 79.4 cm³/mol. The highest BCUT2D eigenvalue weighted by Gasteiger charge is 2.15. The van der Waals surface area contributed by atoms with Gasteiger partial charge in [0.15, 0.2) is 0 Å². The molecule has 3 aromatic rings. The van der Waals surface area contributed by atoms with Crippen molar-refractivity contribution in [1.82, 2.24) is 15.3 Å². The van der Waals surface area contributed by atoms with E-state index in [1.54, 1.807) is 11.3 Å². The summed E-state index contributed by atoms with van der Waals surface area (Å²) in [5, 5.41) is 4.46. The lowest BCUT2D eigenvalue weighted by molar-refractivity contribution is 0.582. The number of likely N-dealkylation sites (N-methyl/N-ethyl adjacent to an activating group) is 1. The van der Waals surface area contributed by atoms with Crippen molar-refractivity contribution in [2.45, 2.75) is 12.5 Å². The topological polar surface area (TPSA) is 37.8 Å². The molecule has 0 aliphatic carbocycles. The Labute approximate surface area is 116 Å². The molecule has 1 unspecified atom stereocenters. The molecular formula is C15H15N3S. The van der Waals surface area contributed by atoms with E-state index < -0.39 is 0 Å². The Bertz CT molecular complexity index is 630. The van der Waals surface area contributed by atoms with Gasteiger partial charge in [0.05, 0.1) is 16.3 Å². The first-order valence-electron chi connectivity index (χ1n) is 6.29. The third-order valence-corrected chi connectivity index (χ3v) is 4.25. The third kappa shape index (κ3) is 2.64. The van der Waals surface area contributed by atoms with Crippen molar-refractivity contribution in [2.75, 3.05) is 7.05 Å². The summed E-state index contributed by atoms with van der Waals surface area (Å²) in [4.78, 5) is 9.09. The van der Waals surface area contributed by atoms with E-state index in [1.165, 1.54) is 4.70 Å². The molecule has 4 heteroatoms. The third-order valence-electron chi connectivity index (χ3n) is 3.10. The molecule has 96 valence electrons. The summed E-state index contributed by atoms with van der Waals surface area (Å²) < 4.78 is 1.23. The minimum absolute atomic E-state index is 0.215. The van der Waals surface area contributed by atoms with Gasteiger partial charge >= 0.3 is 0 Å². The number of rotatable bonds is 4. The highest BCUT2D eigenvalue weighted by atomic mass is 32.1. The molecule has 3 rings (SSSR count). The minimum Gasteiger partial charge on any atom is -0.311 e. The molecule has 0 amide bonds. The average molecular weight is 269 g/mol. The molecule has 0 aliphatic heterocycles. The van der Waals surface area contributed by atoms with Crippen molar-refractivity contribution >= 4 is 21.6 Å². The lowest BCUT2D eigenvalue weighted by Crippen LogP contribution is -2.19. The maximum absolute atomic E-state index is 4.71. The van der Waals surface area contributed by atoms with Gasteiger partial charge in [-0.05, 0) is 31.3 Å². The van der Waals surface area contributed by atoms with Crippen LogP contribution in [-0.2, 0) is 6.42 Å². The first kappa shape index (κ1) is 12.3. The van der Waals surface area contributed by atoms with Gasteiger partial charge in [-0.3, -0.25) is 4.98 Å². The number of para-hydroxylation sites is 1. The number of nitrogens with zero attached hydrogens (tertiary/aromatic N) is 2. The minimum atomic E-state index is 0.215. The van der Waals surface area contributed by atoms with E-state index in [1.807, 2.05) is 31.4 Å². The summed E-state index contributed by atoms with van der Waals surface area (Å²) >= 11 is 1.75. The molecule has 2 aromatic heterocycles. The molecule has 0 fully saturated rings. The van der Waals surface area contributed by atoms with E-state index in [0.29, 0.717) is 0 Å². The van der Waals surface area contributed by atoms with Crippen LogP contribution in [0.2, 0.25) is 0 Å². The maximum atomic E-state index is 4.71. The standard InChI is InChI=1S/C15H15N3S/c1-16-13(10-11-6-4-5-9-17-11)15-18-12-7-2-3-8-14(12)19-15/h2-9,13,16H,10H2,1H3. The summed E-state index contributed by atoms with van der Waals surface area (Å²) in [6, 6.07) is 14.5. The van der Waals surface area contributed by atoms with Gasteiger partial charge in [0, 0.05) is 18.3 Å². The van der Waals surface area contributed by atoms with Crippen LogP contribution in [0.15, 0.2) is 48.7 Å². The van der Waals surface area contributed by atoms with Crippen molar-refractivity contribution in [3.05, 3.63) is 59.4 Å². The van der Waals surface area contributed by atoms with Crippen molar-refractivity contribution < 1.29 is 0 Å². The van der Waals surface area contributed by atoms with Crippen LogP contribution in [-0.4, -0.2) is 17.0 Å². The summed E-state index contributed by atoms with van der Waals surface area (Å²) in [7, 11) is 1.97. The van der Waals surface area contributed by atoms with Gasteiger partial charge in [-0.25, -0.2) is 4.98 Å². The van der Waals surface area contributed by atoms with Gasteiger partial charge in [0.1, 0.15) is 5.01 Å². The second-order valence-electron chi connectivity index (χ2n) is 4.39. The molecule has 0 spiro atoms. The van der Waals surface area contributed by atoms with Gasteiger partial charge in [0.2, 0.25) is 0 Å². The number of fused-ring (bicyclic) bond motifs is 1. The van der Waals surface area contributed by atoms with E-state index >= 15 is 0 Å². The van der Waals surface area contributed by atoms with E-state index in [4.69, 9.17) is 4.98 Å². The molecule has 0 saturated carbocycles. The van der Waals surface area contributed by atoms with Crippen LogP contribution < -0.4 is 5.32 Å². The van der Waals surface area contributed by atoms with Gasteiger partial charge in [-0.2, -0.15) is 0 Å². The van der Waals surface area contributed by atoms with Gasteiger partial charge in [-0.1, -0.05) is 18.2 Å². The number of nitrogens with one attached hydrogen (secondary N) is 1. The fraction of sp³-hybridized carbons (Fsp3) is 0.200. The largest absolute Gasteiger partial charge is 0.311 e. The van der Waals surface area contributed by atoms with Crippen LogP contribution in [0.4, 0.5) is 0 Å². The quantitative estimate of drug-likeness (QED) is 0.790. The summed E-state index contributed by atoms with van der Waals surface area (Å²) in [6.07, 6.45) is 2.69. The monoisotopic (exact) mass is 269 g/mol. The van der Waals surface area contributed by atoms with Crippen molar-refractivity contribution in [3.8, 4) is 0 Å². The van der Waals surface area contributed by atoms with Gasteiger partial charge < -0.3 is 5.32 Å². The van der Waals surface area contributed by atoms with E-state index in [2.05, 4.69) is 34.6 Å². The lowest BCUT2D eigenvalue weighted by Gasteiger charge is -2.12. The predicted octanol–water partition coefficient (Wildman–Crippen LogP) is 3.19. The molecule has 0 saturated heterocycles. The molecule has 1 atom stereocenters. The smallest absolute Gasteiger partial charge is 0.111 e. The van der Waals surface area contributed by atoms with Gasteiger partial charge in [0.25, 0.3) is 0 Å². The average Bonchev–Trinajstić information content (AvgIpc) is 2.89. The molecule has 0 bridgehead atoms. The number of hydrogen-bond donors (Lipinski definition) is 1. The molecule has 1 N–H and O–H groups in total. The zero-order valence-electron chi connectivity index (χ0n) is 10.7. The maximum Gasteiger partial charge on any atom is 0.111 e. The Balaban J connectivity index is 1.89. The summed E-state index contributed by atoms with van der Waals surface area (Å²) in [6.45, 7) is 0. The fourth-order valence-electron chi connectivity index (χ4n) is 2.08. The molecule has 19 heavy (non-hydrogen) atoms. The Hall–Kier alpha value is -1.78. The van der Waals surface area contributed by atoms with Crippen molar-refractivity contribution in [3.63, 3.8) is 0 Å². The highest BCUT2D eigenvalue weighted by Crippen LogP contribution is 2.27. The SMILES string of the molecule is CNC(Cc1ccccn1)c1nc2ccccc2s1. The van der Waals surface area contributed by atoms with Crippen LogP contribution in [0.1, 0.15) is 16.7 Å². The van der Waals surface area contributed by atoms with Crippen LogP contribution in [0.3, 0.4) is 0 Å². The molecule has 0 aliphatic rings.